The maximum Gasteiger partial charge on any atom is 0.226 e. The van der Waals surface area contributed by atoms with Gasteiger partial charge in [0.2, 0.25) is 5.91 Å². The lowest BCUT2D eigenvalue weighted by Crippen LogP contribution is -2.38. The third-order valence-corrected chi connectivity index (χ3v) is 3.15. The lowest BCUT2D eigenvalue weighted by atomic mass is 9.96. The van der Waals surface area contributed by atoms with Crippen molar-refractivity contribution in [1.82, 2.24) is 5.32 Å². The highest BCUT2D eigenvalue weighted by atomic mass is 35.5. The largest absolute Gasteiger partial charge is 0.492 e. The Hall–Kier alpha value is -1.26. The fourth-order valence-electron chi connectivity index (χ4n) is 2.06. The monoisotopic (exact) mass is 284 g/mol. The second-order valence-electron chi connectivity index (χ2n) is 4.88. The number of ether oxygens (including phenoxy) is 1. The quantitative estimate of drug-likeness (QED) is 0.881. The lowest BCUT2D eigenvalue weighted by molar-refractivity contribution is -0.126. The van der Waals surface area contributed by atoms with Gasteiger partial charge in [-0.25, -0.2) is 0 Å². The minimum atomic E-state index is -0.0898. The van der Waals surface area contributed by atoms with E-state index in [-0.39, 0.29) is 30.3 Å². The van der Waals surface area contributed by atoms with E-state index in [1.54, 1.807) is 0 Å². The van der Waals surface area contributed by atoms with Crippen molar-refractivity contribution >= 4 is 18.3 Å². The van der Waals surface area contributed by atoms with Crippen LogP contribution in [0.1, 0.15) is 18.9 Å². The Morgan fingerprint density at radius 1 is 1.53 bits per heavy atom. The molecule has 0 saturated heterocycles. The third-order valence-electron chi connectivity index (χ3n) is 3.15. The van der Waals surface area contributed by atoms with Crippen LogP contribution in [0.3, 0.4) is 0 Å². The molecular formula is C14H21ClN2O2. The van der Waals surface area contributed by atoms with Gasteiger partial charge in [-0.15, -0.1) is 12.4 Å². The number of halogens is 1. The van der Waals surface area contributed by atoms with Crippen LogP contribution in [-0.4, -0.2) is 25.1 Å². The molecule has 1 aromatic carbocycles. The van der Waals surface area contributed by atoms with Gasteiger partial charge in [0.1, 0.15) is 12.4 Å². The molecule has 1 heterocycles. The van der Waals surface area contributed by atoms with Gasteiger partial charge in [-0.1, -0.05) is 18.2 Å². The third kappa shape index (κ3) is 4.40. The van der Waals surface area contributed by atoms with E-state index < -0.39 is 0 Å². The predicted molar refractivity (Wildman–Crippen MR) is 77.7 cm³/mol. The highest BCUT2D eigenvalue weighted by Gasteiger charge is 2.25. The normalized spacial score (nSPS) is 18.5. The summed E-state index contributed by atoms with van der Waals surface area (Å²) < 4.78 is 5.60. The first-order chi connectivity index (χ1) is 8.66. The molecule has 1 aliphatic heterocycles. The minimum Gasteiger partial charge on any atom is -0.492 e. The molecule has 1 aromatic rings. The number of rotatable bonds is 4. The number of amides is 1. The molecule has 106 valence electrons. The highest BCUT2D eigenvalue weighted by molar-refractivity contribution is 5.85. The van der Waals surface area contributed by atoms with Crippen LogP contribution in [0.2, 0.25) is 0 Å². The molecular weight excluding hydrogens is 264 g/mol. The van der Waals surface area contributed by atoms with Gasteiger partial charge < -0.3 is 15.8 Å². The lowest BCUT2D eigenvalue weighted by Gasteiger charge is -2.24. The Morgan fingerprint density at radius 2 is 2.26 bits per heavy atom. The van der Waals surface area contributed by atoms with E-state index in [4.69, 9.17) is 10.5 Å². The Kier molecular flexibility index (Phi) is 6.12. The molecule has 1 aliphatic rings. The summed E-state index contributed by atoms with van der Waals surface area (Å²) in [4.78, 5) is 12.0. The summed E-state index contributed by atoms with van der Waals surface area (Å²) in [7, 11) is 0. The molecule has 2 rings (SSSR count). The van der Waals surface area contributed by atoms with Crippen LogP contribution in [0.25, 0.3) is 0 Å². The van der Waals surface area contributed by atoms with Gasteiger partial charge in [0.15, 0.2) is 0 Å². The summed E-state index contributed by atoms with van der Waals surface area (Å²) in [5.74, 6) is 0.871. The molecule has 0 fully saturated rings. The fourth-order valence-corrected chi connectivity index (χ4v) is 2.06. The van der Waals surface area contributed by atoms with Gasteiger partial charge in [-0.05, 0) is 31.4 Å². The second kappa shape index (κ2) is 7.36. The Balaban J connectivity index is 0.00000180. The van der Waals surface area contributed by atoms with E-state index in [2.05, 4.69) is 5.32 Å². The number of para-hydroxylation sites is 1. The molecule has 0 spiro atoms. The van der Waals surface area contributed by atoms with Gasteiger partial charge in [-0.2, -0.15) is 0 Å². The van der Waals surface area contributed by atoms with Crippen molar-refractivity contribution in [3.63, 3.8) is 0 Å². The second-order valence-corrected chi connectivity index (χ2v) is 4.88. The van der Waals surface area contributed by atoms with E-state index in [1.165, 1.54) is 0 Å². The number of nitrogens with one attached hydrogen (secondary N) is 1. The Bertz CT molecular complexity index is 424. The highest BCUT2D eigenvalue weighted by Crippen LogP contribution is 2.26. The molecule has 19 heavy (non-hydrogen) atoms. The van der Waals surface area contributed by atoms with Crippen LogP contribution >= 0.6 is 12.4 Å². The van der Waals surface area contributed by atoms with Crippen LogP contribution < -0.4 is 15.8 Å². The number of fused-ring (bicyclic) bond motifs is 1. The van der Waals surface area contributed by atoms with E-state index in [0.29, 0.717) is 13.2 Å². The summed E-state index contributed by atoms with van der Waals surface area (Å²) in [6, 6.07) is 7.99. The molecule has 4 nitrogen and oxygen atoms in total. The van der Waals surface area contributed by atoms with Crippen molar-refractivity contribution in [2.75, 3.05) is 13.2 Å². The molecule has 0 aromatic heterocycles. The zero-order chi connectivity index (χ0) is 13.0. The summed E-state index contributed by atoms with van der Waals surface area (Å²) in [6.07, 6.45) is 1.55. The van der Waals surface area contributed by atoms with Crippen molar-refractivity contribution in [2.24, 2.45) is 11.7 Å². The topological polar surface area (TPSA) is 64.3 Å². The SMILES string of the molecule is CC(N)CCNC(=O)C1COc2ccccc2C1.Cl. The fraction of sp³-hybridized carbons (Fsp3) is 0.500. The van der Waals surface area contributed by atoms with Crippen molar-refractivity contribution in [3.05, 3.63) is 29.8 Å². The van der Waals surface area contributed by atoms with Gasteiger partial charge in [0, 0.05) is 12.6 Å². The maximum absolute atomic E-state index is 12.0. The molecule has 0 radical (unpaired) electrons. The first-order valence-corrected chi connectivity index (χ1v) is 6.41. The van der Waals surface area contributed by atoms with Gasteiger partial charge >= 0.3 is 0 Å². The molecule has 0 aliphatic carbocycles. The minimum absolute atomic E-state index is 0. The molecule has 0 bridgehead atoms. The molecule has 2 atom stereocenters. The van der Waals surface area contributed by atoms with Crippen LogP contribution in [0.4, 0.5) is 0 Å². The smallest absolute Gasteiger partial charge is 0.226 e. The standard InChI is InChI=1S/C14H20N2O2.ClH/c1-10(15)6-7-16-14(17)12-8-11-4-2-3-5-13(11)18-9-12;/h2-5,10,12H,6-9,15H2,1H3,(H,16,17);1H. The molecule has 2 unspecified atom stereocenters. The van der Waals surface area contributed by atoms with Gasteiger partial charge in [0.25, 0.3) is 0 Å². The van der Waals surface area contributed by atoms with Gasteiger partial charge in [-0.3, -0.25) is 4.79 Å². The predicted octanol–water partition coefficient (Wildman–Crippen LogP) is 1.51. The van der Waals surface area contributed by atoms with Gasteiger partial charge in [0.05, 0.1) is 5.92 Å². The maximum atomic E-state index is 12.0. The molecule has 1 amide bonds. The summed E-state index contributed by atoms with van der Waals surface area (Å²) >= 11 is 0. The number of hydrogen-bond acceptors (Lipinski definition) is 3. The zero-order valence-electron chi connectivity index (χ0n) is 11.1. The molecule has 3 N–H and O–H groups in total. The van der Waals surface area contributed by atoms with Crippen molar-refractivity contribution in [2.45, 2.75) is 25.8 Å². The zero-order valence-corrected chi connectivity index (χ0v) is 11.9. The summed E-state index contributed by atoms with van der Waals surface area (Å²) in [6.45, 7) is 3.03. The first-order valence-electron chi connectivity index (χ1n) is 6.41. The van der Waals surface area contributed by atoms with Crippen molar-refractivity contribution in [1.29, 1.82) is 0 Å². The Morgan fingerprint density at radius 3 is 3.00 bits per heavy atom. The van der Waals surface area contributed by atoms with Crippen LogP contribution in [-0.2, 0) is 11.2 Å². The molecule has 5 heteroatoms. The first kappa shape index (κ1) is 15.8. The van der Waals surface area contributed by atoms with E-state index in [0.717, 1.165) is 24.2 Å². The van der Waals surface area contributed by atoms with Crippen LogP contribution in [0, 0.1) is 5.92 Å². The summed E-state index contributed by atoms with van der Waals surface area (Å²) in [5, 5.41) is 2.92. The van der Waals surface area contributed by atoms with Crippen LogP contribution in [0.15, 0.2) is 24.3 Å². The number of hydrogen-bond donors (Lipinski definition) is 2. The summed E-state index contributed by atoms with van der Waals surface area (Å²) in [5.41, 5.74) is 6.75. The number of carbonyl (C=O) groups excluding carboxylic acids is 1. The van der Waals surface area contributed by atoms with Crippen LogP contribution in [0.5, 0.6) is 5.75 Å². The average molecular weight is 285 g/mol. The van der Waals surface area contributed by atoms with E-state index >= 15 is 0 Å². The van der Waals surface area contributed by atoms with Crippen molar-refractivity contribution in [3.8, 4) is 5.75 Å². The number of benzene rings is 1. The molecule has 0 saturated carbocycles. The Labute approximate surface area is 120 Å². The van der Waals surface area contributed by atoms with Crippen molar-refractivity contribution < 1.29 is 9.53 Å². The average Bonchev–Trinajstić information content (AvgIpc) is 2.37. The number of nitrogens with two attached hydrogens (primary N) is 1. The van der Waals surface area contributed by atoms with E-state index in [1.807, 2.05) is 31.2 Å². The van der Waals surface area contributed by atoms with E-state index in [9.17, 15) is 4.79 Å². The number of carbonyl (C=O) groups is 1.